The van der Waals surface area contributed by atoms with Gasteiger partial charge in [-0.05, 0) is 31.5 Å². The van der Waals surface area contributed by atoms with E-state index in [4.69, 9.17) is 0 Å². The van der Waals surface area contributed by atoms with Crippen LogP contribution in [0.25, 0.3) is 5.69 Å². The Balaban J connectivity index is 1.53. The molecule has 0 radical (unpaired) electrons. The minimum Gasteiger partial charge on any atom is -0.356 e. The summed E-state index contributed by atoms with van der Waals surface area (Å²) in [5.41, 5.74) is 1.34. The number of nitrogens with zero attached hydrogens (tertiary/aromatic N) is 4. The van der Waals surface area contributed by atoms with Gasteiger partial charge in [0.15, 0.2) is 5.96 Å². The van der Waals surface area contributed by atoms with Crippen LogP contribution in [-0.4, -0.2) is 34.1 Å². The summed E-state index contributed by atoms with van der Waals surface area (Å²) in [4.78, 5) is 13.9. The number of guanidine groups is 1. The van der Waals surface area contributed by atoms with Crippen molar-refractivity contribution in [3.05, 3.63) is 63.9 Å². The quantitative estimate of drug-likeness (QED) is 0.505. The monoisotopic (exact) mass is 386 g/mol. The Hall–Kier alpha value is -2.74. The highest BCUT2D eigenvalue weighted by Gasteiger charge is 2.08. The number of rotatable bonds is 6. The van der Waals surface area contributed by atoms with Gasteiger partial charge >= 0.3 is 0 Å². The number of aliphatic imine (C=N–C) groups is 1. The normalized spacial score (nSPS) is 11.6. The first-order valence-electron chi connectivity index (χ1n) is 8.71. The SMILES string of the molecule is CN=C(NCCc1ncc(C)s1)NCc1ccc(-n2ccnc2C)c(F)c1. The number of imidazole rings is 1. The van der Waals surface area contributed by atoms with Gasteiger partial charge in [0.05, 0.1) is 10.7 Å². The fourth-order valence-corrected chi connectivity index (χ4v) is 3.49. The topological polar surface area (TPSA) is 67.1 Å². The average Bonchev–Trinajstić information content (AvgIpc) is 3.26. The van der Waals surface area contributed by atoms with Crippen LogP contribution in [0.15, 0.2) is 41.8 Å². The van der Waals surface area contributed by atoms with E-state index >= 15 is 0 Å². The Bertz CT molecular complexity index is 930. The molecule has 2 N–H and O–H groups in total. The molecule has 142 valence electrons. The first kappa shape index (κ1) is 19.0. The number of nitrogens with one attached hydrogen (secondary N) is 2. The van der Waals surface area contributed by atoms with Crippen molar-refractivity contribution in [3.63, 3.8) is 0 Å². The number of benzene rings is 1. The number of hydrogen-bond donors (Lipinski definition) is 2. The van der Waals surface area contributed by atoms with Crippen molar-refractivity contribution in [2.45, 2.75) is 26.8 Å². The first-order chi connectivity index (χ1) is 13.1. The standard InChI is InChI=1S/C19H23FN6S/c1-13-11-24-18(27-13)6-7-23-19(21-3)25-12-15-4-5-17(16(20)10-15)26-9-8-22-14(26)2/h4-5,8-11H,6-7,12H2,1-3H3,(H2,21,23,25). The number of aromatic nitrogens is 3. The number of halogens is 1. The van der Waals surface area contributed by atoms with Gasteiger partial charge in [0.25, 0.3) is 0 Å². The van der Waals surface area contributed by atoms with Crippen LogP contribution >= 0.6 is 11.3 Å². The summed E-state index contributed by atoms with van der Waals surface area (Å²) in [7, 11) is 1.72. The lowest BCUT2D eigenvalue weighted by molar-refractivity contribution is 0.613. The van der Waals surface area contributed by atoms with Crippen LogP contribution in [0.5, 0.6) is 0 Å². The van der Waals surface area contributed by atoms with E-state index in [-0.39, 0.29) is 5.82 Å². The molecular formula is C19H23FN6S. The molecule has 0 amide bonds. The third-order valence-electron chi connectivity index (χ3n) is 4.08. The highest BCUT2D eigenvalue weighted by Crippen LogP contribution is 2.16. The summed E-state index contributed by atoms with van der Waals surface area (Å²) in [5.74, 6) is 1.15. The van der Waals surface area contributed by atoms with E-state index in [1.165, 1.54) is 10.9 Å². The summed E-state index contributed by atoms with van der Waals surface area (Å²) in [6.45, 7) is 5.11. The molecule has 27 heavy (non-hydrogen) atoms. The van der Waals surface area contributed by atoms with Gasteiger partial charge in [0, 0.05) is 50.0 Å². The molecule has 3 rings (SSSR count). The Morgan fingerprint density at radius 1 is 1.26 bits per heavy atom. The molecule has 0 unspecified atom stereocenters. The molecule has 0 aliphatic heterocycles. The highest BCUT2D eigenvalue weighted by molar-refractivity contribution is 7.11. The summed E-state index contributed by atoms with van der Waals surface area (Å²) >= 11 is 1.70. The lowest BCUT2D eigenvalue weighted by Gasteiger charge is -2.13. The predicted octanol–water partition coefficient (Wildman–Crippen LogP) is 2.99. The van der Waals surface area contributed by atoms with Crippen molar-refractivity contribution >= 4 is 17.3 Å². The van der Waals surface area contributed by atoms with E-state index in [9.17, 15) is 4.39 Å². The highest BCUT2D eigenvalue weighted by atomic mass is 32.1. The maximum absolute atomic E-state index is 14.5. The van der Waals surface area contributed by atoms with Gasteiger partial charge in [0.2, 0.25) is 0 Å². The molecule has 0 fully saturated rings. The Morgan fingerprint density at radius 2 is 2.11 bits per heavy atom. The molecule has 1 aromatic carbocycles. The van der Waals surface area contributed by atoms with Crippen LogP contribution in [0.2, 0.25) is 0 Å². The van der Waals surface area contributed by atoms with Gasteiger partial charge in [-0.1, -0.05) is 6.07 Å². The molecule has 2 heterocycles. The van der Waals surface area contributed by atoms with E-state index < -0.39 is 0 Å². The van der Waals surface area contributed by atoms with Crippen molar-refractivity contribution in [2.24, 2.45) is 4.99 Å². The summed E-state index contributed by atoms with van der Waals surface area (Å²) in [6, 6.07) is 5.20. The maximum Gasteiger partial charge on any atom is 0.191 e. The zero-order chi connectivity index (χ0) is 19.2. The molecule has 0 saturated carbocycles. The minimum atomic E-state index is -0.280. The molecule has 0 aliphatic rings. The van der Waals surface area contributed by atoms with Crippen molar-refractivity contribution < 1.29 is 4.39 Å². The molecule has 3 aromatic rings. The van der Waals surface area contributed by atoms with E-state index in [0.29, 0.717) is 18.2 Å². The van der Waals surface area contributed by atoms with Crippen molar-refractivity contribution in [2.75, 3.05) is 13.6 Å². The number of aryl methyl sites for hydroxylation is 2. The second kappa shape index (κ2) is 8.77. The molecule has 2 aromatic heterocycles. The fraction of sp³-hybridized carbons (Fsp3) is 0.316. The van der Waals surface area contributed by atoms with Gasteiger partial charge in [-0.3, -0.25) is 4.99 Å². The van der Waals surface area contributed by atoms with Gasteiger partial charge in [-0.15, -0.1) is 11.3 Å². The third kappa shape index (κ3) is 4.91. The molecule has 0 bridgehead atoms. The molecule has 0 spiro atoms. The van der Waals surface area contributed by atoms with Gasteiger partial charge in [-0.25, -0.2) is 14.4 Å². The van der Waals surface area contributed by atoms with Gasteiger partial charge in [-0.2, -0.15) is 0 Å². The molecule has 8 heteroatoms. The van der Waals surface area contributed by atoms with Crippen LogP contribution in [0.3, 0.4) is 0 Å². The maximum atomic E-state index is 14.5. The largest absolute Gasteiger partial charge is 0.356 e. The van der Waals surface area contributed by atoms with Crippen LogP contribution in [0.4, 0.5) is 4.39 Å². The zero-order valence-electron chi connectivity index (χ0n) is 15.7. The lowest BCUT2D eigenvalue weighted by atomic mass is 10.2. The zero-order valence-corrected chi connectivity index (χ0v) is 16.5. The van der Waals surface area contributed by atoms with E-state index in [1.54, 1.807) is 41.4 Å². The molecule has 0 aliphatic carbocycles. The van der Waals surface area contributed by atoms with Crippen molar-refractivity contribution in [1.29, 1.82) is 0 Å². The summed E-state index contributed by atoms with van der Waals surface area (Å²) < 4.78 is 16.2. The number of hydrogen-bond acceptors (Lipinski definition) is 4. The summed E-state index contributed by atoms with van der Waals surface area (Å²) in [5, 5.41) is 7.56. The Morgan fingerprint density at radius 3 is 2.74 bits per heavy atom. The summed E-state index contributed by atoms with van der Waals surface area (Å²) in [6.07, 6.45) is 6.14. The minimum absolute atomic E-state index is 0.280. The van der Waals surface area contributed by atoms with Crippen LogP contribution in [0.1, 0.15) is 21.3 Å². The smallest absolute Gasteiger partial charge is 0.191 e. The van der Waals surface area contributed by atoms with Gasteiger partial charge in [0.1, 0.15) is 11.6 Å². The van der Waals surface area contributed by atoms with E-state index in [0.717, 1.165) is 29.4 Å². The lowest BCUT2D eigenvalue weighted by Crippen LogP contribution is -2.37. The fourth-order valence-electron chi connectivity index (χ4n) is 2.70. The molecule has 6 nitrogen and oxygen atoms in total. The van der Waals surface area contributed by atoms with Crippen molar-refractivity contribution in [3.8, 4) is 5.69 Å². The number of thiazole rings is 1. The first-order valence-corrected chi connectivity index (χ1v) is 9.53. The van der Waals surface area contributed by atoms with Gasteiger partial charge < -0.3 is 15.2 Å². The molecular weight excluding hydrogens is 363 g/mol. The van der Waals surface area contributed by atoms with Crippen LogP contribution in [-0.2, 0) is 13.0 Å². The molecule has 0 atom stereocenters. The Labute approximate surface area is 162 Å². The predicted molar refractivity (Wildman–Crippen MR) is 107 cm³/mol. The van der Waals surface area contributed by atoms with E-state index in [2.05, 4.69) is 25.6 Å². The third-order valence-corrected chi connectivity index (χ3v) is 5.05. The van der Waals surface area contributed by atoms with Crippen molar-refractivity contribution in [1.82, 2.24) is 25.2 Å². The molecule has 0 saturated heterocycles. The average molecular weight is 387 g/mol. The Kier molecular flexibility index (Phi) is 6.18. The van der Waals surface area contributed by atoms with Crippen LogP contribution in [0, 0.1) is 19.7 Å². The second-order valence-corrected chi connectivity index (χ2v) is 7.42. The second-order valence-electron chi connectivity index (χ2n) is 6.10. The van der Waals surface area contributed by atoms with Crippen LogP contribution < -0.4 is 10.6 Å². The van der Waals surface area contributed by atoms with E-state index in [1.807, 2.05) is 26.1 Å².